The summed E-state index contributed by atoms with van der Waals surface area (Å²) in [6, 6.07) is 20.6. The van der Waals surface area contributed by atoms with Gasteiger partial charge < -0.3 is 0 Å². The van der Waals surface area contributed by atoms with E-state index in [4.69, 9.17) is 0 Å². The summed E-state index contributed by atoms with van der Waals surface area (Å²) in [7, 11) is 0. The number of carbonyl (C=O) groups excluding carboxylic acids is 1. The van der Waals surface area contributed by atoms with Gasteiger partial charge in [-0.1, -0.05) is 54.6 Å². The van der Waals surface area contributed by atoms with Crippen molar-refractivity contribution in [3.05, 3.63) is 71.8 Å². The highest BCUT2D eigenvalue weighted by molar-refractivity contribution is 5.95. The van der Waals surface area contributed by atoms with E-state index in [1.165, 1.54) is 5.56 Å². The third-order valence-corrected chi connectivity index (χ3v) is 3.00. The van der Waals surface area contributed by atoms with Gasteiger partial charge in [-0.05, 0) is 30.9 Å². The first-order valence-corrected chi connectivity index (χ1v) is 6.39. The van der Waals surface area contributed by atoms with Gasteiger partial charge >= 0.3 is 0 Å². The number of ketones is 1. The van der Waals surface area contributed by atoms with Gasteiger partial charge in [0.05, 0.1) is 0 Å². The quantitative estimate of drug-likeness (QED) is 0.546. The number of Topliss-reactive ketones (excluding diaryl/α,β-unsaturated/α-hetero) is 1. The molecule has 0 aliphatic heterocycles. The van der Waals surface area contributed by atoms with Crippen LogP contribution in [0.15, 0.2) is 54.6 Å². The smallest absolute Gasteiger partial charge is 0.162 e. The largest absolute Gasteiger partial charge is 0.294 e. The Morgan fingerprint density at radius 1 is 0.944 bits per heavy atom. The van der Waals surface area contributed by atoms with E-state index in [0.29, 0.717) is 6.42 Å². The summed E-state index contributed by atoms with van der Waals surface area (Å²) in [5.41, 5.74) is 2.15. The Hall–Kier alpha value is -1.89. The molecule has 0 heterocycles. The molecule has 0 N–H and O–H groups in total. The second-order valence-corrected chi connectivity index (χ2v) is 4.40. The monoisotopic (exact) mass is 237 g/mol. The van der Waals surface area contributed by atoms with Crippen molar-refractivity contribution in [3.63, 3.8) is 0 Å². The average molecular weight is 237 g/mol. The number of hydrogen-bond donors (Lipinski definition) is 0. The molecular weight excluding hydrogens is 220 g/mol. The van der Waals surface area contributed by atoms with E-state index in [9.17, 15) is 4.79 Å². The number of carbonyl (C=O) groups is 1. The van der Waals surface area contributed by atoms with Gasteiger partial charge in [-0.15, -0.1) is 0 Å². The molecule has 2 rings (SSSR count). The van der Waals surface area contributed by atoms with Gasteiger partial charge in [-0.3, -0.25) is 4.79 Å². The molecule has 18 heavy (non-hydrogen) atoms. The predicted molar refractivity (Wildman–Crippen MR) is 73.6 cm³/mol. The molecule has 2 aromatic carbocycles. The zero-order valence-corrected chi connectivity index (χ0v) is 10.4. The number of benzene rings is 2. The minimum absolute atomic E-state index is 0.233. The third-order valence-electron chi connectivity index (χ3n) is 3.00. The van der Waals surface area contributed by atoms with Gasteiger partial charge in [0.15, 0.2) is 5.78 Å². The summed E-state index contributed by atoms with van der Waals surface area (Å²) < 4.78 is 0. The highest BCUT2D eigenvalue weighted by atomic mass is 16.1. The van der Waals surface area contributed by atoms with Crippen LogP contribution < -0.4 is 0 Å². The van der Waals surface area contributed by atoms with Crippen molar-refractivity contribution in [1.29, 1.82) is 0 Å². The Morgan fingerprint density at radius 2 is 1.67 bits per heavy atom. The maximum atomic E-state index is 11.8. The normalized spacial score (nSPS) is 10.2. The van der Waals surface area contributed by atoms with Crippen LogP contribution in [0.2, 0.25) is 0 Å². The van der Waals surface area contributed by atoms with Crippen LogP contribution in [0.1, 0.15) is 35.2 Å². The fourth-order valence-corrected chi connectivity index (χ4v) is 1.98. The van der Waals surface area contributed by atoms with Crippen LogP contribution in [0.3, 0.4) is 0 Å². The zero-order chi connectivity index (χ0) is 12.6. The molecule has 0 aliphatic carbocycles. The maximum Gasteiger partial charge on any atom is 0.162 e. The topological polar surface area (TPSA) is 17.1 Å². The molecule has 0 amide bonds. The van der Waals surface area contributed by atoms with Crippen LogP contribution >= 0.6 is 0 Å². The van der Waals surface area contributed by atoms with Crippen LogP contribution in [0.4, 0.5) is 0 Å². The van der Waals surface area contributed by atoms with Crippen LogP contribution in [0.5, 0.6) is 0 Å². The lowest BCUT2D eigenvalue weighted by molar-refractivity contribution is 0.0979. The SMILES string of the molecule is O=C(CCCCc1ccccc1)c1cc[c]cc1. The summed E-state index contributed by atoms with van der Waals surface area (Å²) in [6.07, 6.45) is 3.70. The van der Waals surface area contributed by atoms with Crippen molar-refractivity contribution in [1.82, 2.24) is 0 Å². The second kappa shape index (κ2) is 6.75. The third kappa shape index (κ3) is 3.85. The Morgan fingerprint density at radius 3 is 2.39 bits per heavy atom. The molecule has 0 fully saturated rings. The molecule has 0 bridgehead atoms. The van der Waals surface area contributed by atoms with Crippen LogP contribution in [0, 0.1) is 6.07 Å². The van der Waals surface area contributed by atoms with Gasteiger partial charge in [-0.2, -0.15) is 0 Å². The molecule has 0 spiro atoms. The molecule has 1 heteroatoms. The molecule has 1 radical (unpaired) electrons. The summed E-state index contributed by atoms with van der Waals surface area (Å²) in [5.74, 6) is 0.233. The average Bonchev–Trinajstić information content (AvgIpc) is 2.45. The van der Waals surface area contributed by atoms with Crippen molar-refractivity contribution >= 4 is 5.78 Å². The van der Waals surface area contributed by atoms with E-state index in [-0.39, 0.29) is 5.78 Å². The van der Waals surface area contributed by atoms with Gasteiger partial charge in [0.25, 0.3) is 0 Å². The molecule has 0 aromatic heterocycles. The highest BCUT2D eigenvalue weighted by Crippen LogP contribution is 2.09. The van der Waals surface area contributed by atoms with E-state index < -0.39 is 0 Å². The minimum Gasteiger partial charge on any atom is -0.294 e. The summed E-state index contributed by atoms with van der Waals surface area (Å²) >= 11 is 0. The number of hydrogen-bond acceptors (Lipinski definition) is 1. The minimum atomic E-state index is 0.233. The fraction of sp³-hybridized carbons (Fsp3) is 0.235. The molecule has 1 nitrogen and oxygen atoms in total. The lowest BCUT2D eigenvalue weighted by atomic mass is 10.0. The number of aryl methyl sites for hydroxylation is 1. The predicted octanol–water partition coefficient (Wildman–Crippen LogP) is 4.08. The van der Waals surface area contributed by atoms with Crippen molar-refractivity contribution in [3.8, 4) is 0 Å². The highest BCUT2D eigenvalue weighted by Gasteiger charge is 2.04. The first-order chi connectivity index (χ1) is 8.86. The van der Waals surface area contributed by atoms with Gasteiger partial charge in [0.2, 0.25) is 0 Å². The van der Waals surface area contributed by atoms with Crippen LogP contribution in [-0.4, -0.2) is 5.78 Å². The molecular formula is C17H17O. The van der Waals surface area contributed by atoms with Crippen molar-refractivity contribution in [2.45, 2.75) is 25.7 Å². The summed E-state index contributed by atoms with van der Waals surface area (Å²) in [6.45, 7) is 0. The molecule has 0 aliphatic rings. The van der Waals surface area contributed by atoms with Crippen LogP contribution in [0.25, 0.3) is 0 Å². The first-order valence-electron chi connectivity index (χ1n) is 6.39. The van der Waals surface area contributed by atoms with E-state index in [0.717, 1.165) is 24.8 Å². The van der Waals surface area contributed by atoms with E-state index in [2.05, 4.69) is 30.3 Å². The fourth-order valence-electron chi connectivity index (χ4n) is 1.98. The molecule has 0 atom stereocenters. The van der Waals surface area contributed by atoms with Gasteiger partial charge in [0, 0.05) is 12.0 Å². The first kappa shape index (κ1) is 12.6. The van der Waals surface area contributed by atoms with E-state index in [1.54, 1.807) is 12.1 Å². The van der Waals surface area contributed by atoms with Crippen LogP contribution in [-0.2, 0) is 6.42 Å². The summed E-state index contributed by atoms with van der Waals surface area (Å²) in [5, 5.41) is 0. The van der Waals surface area contributed by atoms with E-state index in [1.807, 2.05) is 18.2 Å². The molecule has 0 unspecified atom stereocenters. The Labute approximate surface area is 108 Å². The zero-order valence-electron chi connectivity index (χ0n) is 10.4. The Balaban J connectivity index is 1.72. The lowest BCUT2D eigenvalue weighted by Crippen LogP contribution is -1.98. The van der Waals surface area contributed by atoms with Gasteiger partial charge in [0.1, 0.15) is 0 Å². The number of rotatable bonds is 6. The lowest BCUT2D eigenvalue weighted by Gasteiger charge is -2.02. The Kier molecular flexibility index (Phi) is 4.71. The van der Waals surface area contributed by atoms with E-state index >= 15 is 0 Å². The summed E-state index contributed by atoms with van der Waals surface area (Å²) in [4.78, 5) is 11.8. The van der Waals surface area contributed by atoms with Crippen molar-refractivity contribution in [2.24, 2.45) is 0 Å². The molecule has 0 saturated carbocycles. The Bertz CT molecular complexity index is 473. The number of unbranched alkanes of at least 4 members (excludes halogenated alkanes) is 1. The maximum absolute atomic E-state index is 11.8. The molecule has 2 aromatic rings. The molecule has 91 valence electrons. The van der Waals surface area contributed by atoms with Crippen molar-refractivity contribution in [2.75, 3.05) is 0 Å². The second-order valence-electron chi connectivity index (χ2n) is 4.40. The standard InChI is InChI=1S/C17H17O/c18-17(16-12-5-2-6-13-16)14-8-7-11-15-9-3-1-4-10-15/h1,3-6,9-10,12-13H,7-8,11,14H2. The van der Waals surface area contributed by atoms with Gasteiger partial charge in [-0.25, -0.2) is 0 Å². The van der Waals surface area contributed by atoms with Crippen molar-refractivity contribution < 1.29 is 4.79 Å². The molecule has 0 saturated heterocycles.